The summed E-state index contributed by atoms with van der Waals surface area (Å²) in [5, 5.41) is 15.6. The van der Waals surface area contributed by atoms with Gasteiger partial charge in [-0.1, -0.05) is 12.1 Å². The Labute approximate surface area is 185 Å². The predicted octanol–water partition coefficient (Wildman–Crippen LogP) is 2.49. The summed E-state index contributed by atoms with van der Waals surface area (Å²) in [5.74, 6) is 0.489. The van der Waals surface area contributed by atoms with Crippen LogP contribution in [0.4, 0.5) is 24.9 Å². The first-order valence-electron chi connectivity index (χ1n) is 10.5. The van der Waals surface area contributed by atoms with Crippen molar-refractivity contribution in [2.75, 3.05) is 63.6 Å². The highest BCUT2D eigenvalue weighted by Crippen LogP contribution is 2.28. The van der Waals surface area contributed by atoms with Crippen LogP contribution in [0.2, 0.25) is 0 Å². The normalized spacial score (nSPS) is 16.6. The van der Waals surface area contributed by atoms with Gasteiger partial charge in [0, 0.05) is 56.9 Å². The van der Waals surface area contributed by atoms with Gasteiger partial charge in [0.05, 0.1) is 12.3 Å². The van der Waals surface area contributed by atoms with E-state index in [-0.39, 0.29) is 24.3 Å². The Balaban J connectivity index is 1.76. The fourth-order valence-electron chi connectivity index (χ4n) is 3.28. The van der Waals surface area contributed by atoms with E-state index in [1.807, 2.05) is 0 Å². The van der Waals surface area contributed by atoms with Gasteiger partial charge in [-0.15, -0.1) is 13.2 Å². The quantitative estimate of drug-likeness (QED) is 0.533. The average Bonchev–Trinajstić information content (AvgIpc) is 2.74. The smallest absolute Gasteiger partial charge is 0.406 e. The lowest BCUT2D eigenvalue weighted by Crippen LogP contribution is -2.45. The van der Waals surface area contributed by atoms with E-state index in [2.05, 4.69) is 42.2 Å². The molecule has 1 saturated heterocycles. The number of piperazine rings is 1. The number of hydrogen-bond acceptors (Lipinski definition) is 8. The van der Waals surface area contributed by atoms with Crippen molar-refractivity contribution in [3.63, 3.8) is 0 Å². The number of likely N-dealkylation sites (N-methyl/N-ethyl adjacent to an activating group) is 1. The lowest BCUT2D eigenvalue weighted by Gasteiger charge is -2.32. The summed E-state index contributed by atoms with van der Waals surface area (Å²) in [6, 6.07) is 7.04. The van der Waals surface area contributed by atoms with Gasteiger partial charge >= 0.3 is 6.36 Å². The molecule has 11 heteroatoms. The van der Waals surface area contributed by atoms with Gasteiger partial charge in [0.25, 0.3) is 0 Å². The number of benzene rings is 1. The Morgan fingerprint density at radius 1 is 1.16 bits per heavy atom. The topological polar surface area (TPSA) is 85.8 Å². The molecule has 0 spiro atoms. The van der Waals surface area contributed by atoms with E-state index in [0.29, 0.717) is 23.6 Å². The summed E-state index contributed by atoms with van der Waals surface area (Å²) in [6.45, 7) is 7.22. The maximum absolute atomic E-state index is 12.6. The van der Waals surface area contributed by atoms with Crippen LogP contribution in [-0.4, -0.2) is 90.2 Å². The molecule has 176 valence electrons. The lowest BCUT2D eigenvalue weighted by molar-refractivity contribution is -0.274. The zero-order valence-electron chi connectivity index (χ0n) is 18.2. The first-order chi connectivity index (χ1) is 15.2. The molecule has 0 saturated carbocycles. The third kappa shape index (κ3) is 7.50. The van der Waals surface area contributed by atoms with Crippen molar-refractivity contribution < 1.29 is 23.0 Å². The zero-order chi connectivity index (χ0) is 23.1. The Bertz CT molecular complexity index is 875. The van der Waals surface area contributed by atoms with E-state index in [4.69, 9.17) is 0 Å². The third-order valence-electron chi connectivity index (χ3n) is 5.07. The summed E-state index contributed by atoms with van der Waals surface area (Å²) >= 11 is 0. The van der Waals surface area contributed by atoms with Crippen LogP contribution in [0.3, 0.4) is 0 Å². The molecule has 3 N–H and O–H groups in total. The van der Waals surface area contributed by atoms with Gasteiger partial charge in [0.1, 0.15) is 11.6 Å². The van der Waals surface area contributed by atoms with E-state index in [9.17, 15) is 18.3 Å². The number of aromatic nitrogens is 2. The van der Waals surface area contributed by atoms with Crippen LogP contribution < -0.4 is 15.4 Å². The number of hydrogen-bond donors (Lipinski definition) is 3. The molecule has 1 aromatic heterocycles. The van der Waals surface area contributed by atoms with Crippen LogP contribution in [0.1, 0.15) is 6.92 Å². The highest BCUT2D eigenvalue weighted by atomic mass is 19.4. The second-order valence-electron chi connectivity index (χ2n) is 7.84. The predicted molar refractivity (Wildman–Crippen MR) is 117 cm³/mol. The highest BCUT2D eigenvalue weighted by Gasteiger charge is 2.31. The fourth-order valence-corrected chi connectivity index (χ4v) is 3.28. The van der Waals surface area contributed by atoms with Crippen molar-refractivity contribution >= 4 is 11.8 Å². The number of alkyl halides is 3. The van der Waals surface area contributed by atoms with Crippen LogP contribution in [-0.2, 0) is 0 Å². The summed E-state index contributed by atoms with van der Waals surface area (Å²) in [4.78, 5) is 13.5. The largest absolute Gasteiger partial charge is 0.573 e. The van der Waals surface area contributed by atoms with Gasteiger partial charge in [0.2, 0.25) is 5.95 Å². The first-order valence-corrected chi connectivity index (χ1v) is 10.5. The minimum atomic E-state index is -4.77. The van der Waals surface area contributed by atoms with Crippen LogP contribution in [0.25, 0.3) is 11.3 Å². The molecular formula is C21H29F3N6O2. The fraction of sp³-hybridized carbons (Fsp3) is 0.524. The molecule has 0 unspecified atom stereocenters. The molecule has 8 nitrogen and oxygen atoms in total. The number of ether oxygens (including phenoxy) is 1. The second-order valence-corrected chi connectivity index (χ2v) is 7.84. The van der Waals surface area contributed by atoms with Gasteiger partial charge in [0.15, 0.2) is 0 Å². The van der Waals surface area contributed by atoms with E-state index in [1.54, 1.807) is 19.1 Å². The Hall–Kier alpha value is -2.63. The number of nitrogens with one attached hydrogen (secondary N) is 2. The number of rotatable bonds is 9. The van der Waals surface area contributed by atoms with Gasteiger partial charge in [-0.25, -0.2) is 4.98 Å². The van der Waals surface area contributed by atoms with Gasteiger partial charge < -0.3 is 25.4 Å². The molecule has 0 amide bonds. The molecular weight excluding hydrogens is 425 g/mol. The van der Waals surface area contributed by atoms with Crippen molar-refractivity contribution in [1.29, 1.82) is 0 Å². The van der Waals surface area contributed by atoms with Crippen LogP contribution in [0, 0.1) is 0 Å². The monoisotopic (exact) mass is 454 g/mol. The molecule has 0 aliphatic carbocycles. The van der Waals surface area contributed by atoms with Gasteiger partial charge in [-0.05, 0) is 26.1 Å². The molecule has 0 bridgehead atoms. The van der Waals surface area contributed by atoms with Crippen LogP contribution in [0.15, 0.2) is 30.3 Å². The molecule has 1 aliphatic rings. The second kappa shape index (κ2) is 10.8. The molecule has 1 aliphatic heterocycles. The number of anilines is 2. The number of nitrogens with zero attached hydrogens (tertiary/aromatic N) is 4. The molecule has 3 rings (SSSR count). The van der Waals surface area contributed by atoms with Crippen molar-refractivity contribution in [2.24, 2.45) is 0 Å². The molecule has 32 heavy (non-hydrogen) atoms. The number of halogens is 3. The summed E-state index contributed by atoms with van der Waals surface area (Å²) in [7, 11) is 2.11. The standard InChI is InChI=1S/C21H29F3N6O2/c1-15(14-31)26-20-27-18(16-4-3-5-17(12-16)32-21(22,23)24)13-19(28-20)25-6-7-30-10-8-29(2)9-11-30/h3-5,12-13,15,31H,6-11,14H2,1-2H3,(H2,25,26,27,28)/t15-/m0/s1. The van der Waals surface area contributed by atoms with Crippen molar-refractivity contribution in [2.45, 2.75) is 19.3 Å². The van der Waals surface area contributed by atoms with Crippen molar-refractivity contribution in [3.8, 4) is 17.0 Å². The summed E-state index contributed by atoms with van der Waals surface area (Å²) in [6.07, 6.45) is -4.77. The first kappa shape index (κ1) is 24.0. The highest BCUT2D eigenvalue weighted by molar-refractivity contribution is 5.66. The molecule has 0 radical (unpaired) electrons. The molecule has 2 heterocycles. The van der Waals surface area contributed by atoms with Gasteiger partial charge in [-0.3, -0.25) is 4.90 Å². The van der Waals surface area contributed by atoms with E-state index >= 15 is 0 Å². The molecule has 2 aromatic rings. The van der Waals surface area contributed by atoms with Crippen LogP contribution in [0.5, 0.6) is 5.75 Å². The summed E-state index contributed by atoms with van der Waals surface area (Å²) in [5.41, 5.74) is 0.887. The van der Waals surface area contributed by atoms with E-state index < -0.39 is 6.36 Å². The van der Waals surface area contributed by atoms with Crippen molar-refractivity contribution in [1.82, 2.24) is 19.8 Å². The maximum Gasteiger partial charge on any atom is 0.573 e. The third-order valence-corrected chi connectivity index (χ3v) is 5.07. The molecule has 1 fully saturated rings. The minimum absolute atomic E-state index is 0.116. The molecule has 1 atom stereocenters. The Kier molecular flexibility index (Phi) is 8.10. The Morgan fingerprint density at radius 3 is 2.59 bits per heavy atom. The van der Waals surface area contributed by atoms with Crippen molar-refractivity contribution in [3.05, 3.63) is 30.3 Å². The minimum Gasteiger partial charge on any atom is -0.406 e. The average molecular weight is 454 g/mol. The zero-order valence-corrected chi connectivity index (χ0v) is 18.2. The lowest BCUT2D eigenvalue weighted by atomic mass is 10.1. The number of aliphatic hydroxyl groups excluding tert-OH is 1. The number of aliphatic hydroxyl groups is 1. The van der Waals surface area contributed by atoms with Gasteiger partial charge in [-0.2, -0.15) is 4.98 Å². The SMILES string of the molecule is C[C@@H](CO)Nc1nc(NCCN2CCN(C)CC2)cc(-c2cccc(OC(F)(F)F)c2)n1. The molecule has 1 aromatic carbocycles. The van der Waals surface area contributed by atoms with E-state index in [0.717, 1.165) is 32.7 Å². The maximum atomic E-state index is 12.6. The van der Waals surface area contributed by atoms with E-state index in [1.165, 1.54) is 18.2 Å². The summed E-state index contributed by atoms with van der Waals surface area (Å²) < 4.78 is 41.8. The Morgan fingerprint density at radius 2 is 1.91 bits per heavy atom. The van der Waals surface area contributed by atoms with Crippen LogP contribution >= 0.6 is 0 Å².